The number of fused-ring (bicyclic) bond motifs is 2. The molecule has 3 unspecified atom stereocenters. The highest BCUT2D eigenvalue weighted by atomic mass is 16.5. The van der Waals surface area contributed by atoms with Crippen molar-refractivity contribution in [2.45, 2.75) is 63.6 Å². The van der Waals surface area contributed by atoms with Crippen LogP contribution in [0.3, 0.4) is 0 Å². The van der Waals surface area contributed by atoms with Gasteiger partial charge in [-0.25, -0.2) is 0 Å². The fraction of sp³-hybridized carbons (Fsp3) is 0.517. The number of amides is 1. The van der Waals surface area contributed by atoms with Crippen LogP contribution in [0.5, 0.6) is 17.2 Å². The number of nitrogens with zero attached hydrogens (tertiary/aromatic N) is 3. The van der Waals surface area contributed by atoms with Gasteiger partial charge in [-0.3, -0.25) is 9.69 Å². The van der Waals surface area contributed by atoms with Gasteiger partial charge in [0.1, 0.15) is 11.9 Å². The molecule has 0 aromatic heterocycles. The maximum absolute atomic E-state index is 12.4. The Balaban J connectivity index is 1.42. The molecule has 0 N–H and O–H groups in total. The predicted molar refractivity (Wildman–Crippen MR) is 138 cm³/mol. The first-order valence-electron chi connectivity index (χ1n) is 13.0. The molecule has 1 amide bonds. The molecule has 3 atom stereocenters. The maximum Gasteiger partial charge on any atom is 0.222 e. The molecule has 0 saturated carbocycles. The number of benzene rings is 2. The van der Waals surface area contributed by atoms with Gasteiger partial charge in [-0.2, -0.15) is 5.26 Å². The van der Waals surface area contributed by atoms with E-state index in [0.29, 0.717) is 47.2 Å². The topological polar surface area (TPSA) is 75.0 Å². The lowest BCUT2D eigenvalue weighted by molar-refractivity contribution is -0.134. The van der Waals surface area contributed by atoms with Crippen molar-refractivity contribution in [1.29, 1.82) is 5.26 Å². The Morgan fingerprint density at radius 3 is 2.36 bits per heavy atom. The first-order chi connectivity index (χ1) is 17.6. The SMILES string of the molecule is CCCC(=O)N1CC2CCC(C1)N2CCCC(Oc1ccc(OC)c(OC)c1)c1ccc(C#N)cc1. The van der Waals surface area contributed by atoms with E-state index in [1.54, 1.807) is 14.2 Å². The van der Waals surface area contributed by atoms with Crippen molar-refractivity contribution in [3.63, 3.8) is 0 Å². The summed E-state index contributed by atoms with van der Waals surface area (Å²) in [6.45, 7) is 4.78. The zero-order valence-electron chi connectivity index (χ0n) is 21.6. The number of carbonyl (C=O) groups excluding carboxylic acids is 1. The molecule has 4 rings (SSSR count). The number of nitriles is 1. The number of ether oxygens (including phenoxy) is 3. The van der Waals surface area contributed by atoms with E-state index in [1.165, 1.54) is 12.8 Å². The minimum atomic E-state index is -0.152. The second-order valence-electron chi connectivity index (χ2n) is 9.67. The van der Waals surface area contributed by atoms with E-state index in [9.17, 15) is 10.1 Å². The second-order valence-corrected chi connectivity index (χ2v) is 9.67. The van der Waals surface area contributed by atoms with Crippen LogP contribution in [0.1, 0.15) is 62.7 Å². The van der Waals surface area contributed by atoms with Crippen molar-refractivity contribution in [2.24, 2.45) is 0 Å². The van der Waals surface area contributed by atoms with Crippen LogP contribution in [0, 0.1) is 11.3 Å². The number of piperazine rings is 1. The summed E-state index contributed by atoms with van der Waals surface area (Å²) in [4.78, 5) is 17.1. The molecule has 7 nitrogen and oxygen atoms in total. The van der Waals surface area contributed by atoms with Gasteiger partial charge >= 0.3 is 0 Å². The Labute approximate surface area is 214 Å². The highest BCUT2D eigenvalue weighted by Gasteiger charge is 2.40. The van der Waals surface area contributed by atoms with Crippen molar-refractivity contribution in [3.05, 3.63) is 53.6 Å². The third-order valence-corrected chi connectivity index (χ3v) is 7.38. The number of hydrogen-bond acceptors (Lipinski definition) is 6. The van der Waals surface area contributed by atoms with Crippen LogP contribution in [0.15, 0.2) is 42.5 Å². The number of methoxy groups -OCH3 is 2. The summed E-state index contributed by atoms with van der Waals surface area (Å²) < 4.78 is 17.3. The molecule has 192 valence electrons. The predicted octanol–water partition coefficient (Wildman–Crippen LogP) is 4.95. The van der Waals surface area contributed by atoms with Gasteiger partial charge in [-0.15, -0.1) is 0 Å². The van der Waals surface area contributed by atoms with E-state index in [2.05, 4.69) is 22.8 Å². The number of rotatable bonds is 11. The molecule has 0 radical (unpaired) electrons. The van der Waals surface area contributed by atoms with Crippen LogP contribution in [-0.2, 0) is 4.79 Å². The van der Waals surface area contributed by atoms with Crippen LogP contribution in [0.25, 0.3) is 0 Å². The molecule has 2 heterocycles. The van der Waals surface area contributed by atoms with E-state index in [4.69, 9.17) is 14.2 Å². The second kappa shape index (κ2) is 12.1. The highest BCUT2D eigenvalue weighted by molar-refractivity contribution is 5.76. The Morgan fingerprint density at radius 1 is 1.06 bits per heavy atom. The van der Waals surface area contributed by atoms with E-state index in [1.807, 2.05) is 42.5 Å². The average molecular weight is 492 g/mol. The molecular weight excluding hydrogens is 454 g/mol. The zero-order valence-corrected chi connectivity index (χ0v) is 21.6. The van der Waals surface area contributed by atoms with Crippen LogP contribution < -0.4 is 14.2 Å². The minimum Gasteiger partial charge on any atom is -0.493 e. The Morgan fingerprint density at radius 2 is 1.75 bits per heavy atom. The summed E-state index contributed by atoms with van der Waals surface area (Å²) >= 11 is 0. The largest absolute Gasteiger partial charge is 0.493 e. The zero-order chi connectivity index (χ0) is 25.5. The van der Waals surface area contributed by atoms with Gasteiger partial charge < -0.3 is 19.1 Å². The van der Waals surface area contributed by atoms with Crippen molar-refractivity contribution in [2.75, 3.05) is 33.9 Å². The molecule has 2 saturated heterocycles. The molecule has 2 aliphatic rings. The monoisotopic (exact) mass is 491 g/mol. The molecule has 2 aliphatic heterocycles. The molecule has 2 fully saturated rings. The molecule has 36 heavy (non-hydrogen) atoms. The van der Waals surface area contributed by atoms with Crippen LogP contribution in [0.4, 0.5) is 0 Å². The summed E-state index contributed by atoms with van der Waals surface area (Å²) in [6, 6.07) is 16.3. The third-order valence-electron chi connectivity index (χ3n) is 7.38. The van der Waals surface area contributed by atoms with Gasteiger partial charge in [-0.05, 0) is 68.5 Å². The Hall–Kier alpha value is -3.24. The molecule has 2 bridgehead atoms. The van der Waals surface area contributed by atoms with Crippen LogP contribution in [0.2, 0.25) is 0 Å². The average Bonchev–Trinajstić information content (AvgIpc) is 3.14. The highest BCUT2D eigenvalue weighted by Crippen LogP contribution is 2.35. The Bertz CT molecular complexity index is 1050. The summed E-state index contributed by atoms with van der Waals surface area (Å²) in [7, 11) is 3.23. The lowest BCUT2D eigenvalue weighted by Gasteiger charge is -2.41. The maximum atomic E-state index is 12.4. The number of carbonyl (C=O) groups is 1. The molecule has 0 aliphatic carbocycles. The minimum absolute atomic E-state index is 0.152. The van der Waals surface area contributed by atoms with Crippen molar-refractivity contribution < 1.29 is 19.0 Å². The van der Waals surface area contributed by atoms with Gasteiger partial charge in [0.15, 0.2) is 11.5 Å². The number of hydrogen-bond donors (Lipinski definition) is 0. The van der Waals surface area contributed by atoms with Gasteiger partial charge in [0, 0.05) is 37.7 Å². The number of likely N-dealkylation sites (tertiary alicyclic amines) is 1. The van der Waals surface area contributed by atoms with Gasteiger partial charge in [0.25, 0.3) is 0 Å². The van der Waals surface area contributed by atoms with E-state index in [-0.39, 0.29) is 6.10 Å². The van der Waals surface area contributed by atoms with E-state index >= 15 is 0 Å². The lowest BCUT2D eigenvalue weighted by atomic mass is 10.0. The van der Waals surface area contributed by atoms with Gasteiger partial charge in [-0.1, -0.05) is 19.1 Å². The van der Waals surface area contributed by atoms with Crippen molar-refractivity contribution in [3.8, 4) is 23.3 Å². The normalized spacial score (nSPS) is 20.0. The first-order valence-corrected chi connectivity index (χ1v) is 13.0. The smallest absolute Gasteiger partial charge is 0.222 e. The molecule has 0 spiro atoms. The molecule has 2 aromatic carbocycles. The summed E-state index contributed by atoms with van der Waals surface area (Å²) in [5, 5.41) is 9.20. The van der Waals surface area contributed by atoms with Crippen LogP contribution in [-0.4, -0.2) is 61.6 Å². The quantitative estimate of drug-likeness (QED) is 0.443. The molecule has 7 heteroatoms. The Kier molecular flexibility index (Phi) is 8.71. The van der Waals surface area contributed by atoms with Crippen molar-refractivity contribution >= 4 is 5.91 Å². The lowest BCUT2D eigenvalue weighted by Crippen LogP contribution is -2.55. The molecular formula is C29H37N3O4. The standard InChI is InChI=1S/C29H37N3O4/c1-4-6-29(33)31-19-23-12-13-24(20-31)32(23)16-5-7-26(22-10-8-21(18-30)9-11-22)36-25-14-15-27(34-2)28(17-25)35-3/h8-11,14-15,17,23-24,26H,4-7,12-13,16,19-20H2,1-3H3. The van der Waals surface area contributed by atoms with E-state index in [0.717, 1.165) is 44.5 Å². The van der Waals surface area contributed by atoms with E-state index < -0.39 is 0 Å². The fourth-order valence-corrected chi connectivity index (χ4v) is 5.51. The van der Waals surface area contributed by atoms with Gasteiger partial charge in [0.05, 0.1) is 25.9 Å². The first kappa shape index (κ1) is 25.8. The third kappa shape index (κ3) is 5.93. The van der Waals surface area contributed by atoms with Crippen molar-refractivity contribution in [1.82, 2.24) is 9.80 Å². The van der Waals surface area contributed by atoms with Gasteiger partial charge in [0.2, 0.25) is 5.91 Å². The molecule has 2 aromatic rings. The summed E-state index contributed by atoms with van der Waals surface area (Å²) in [5.74, 6) is 2.30. The van der Waals surface area contributed by atoms with Crippen LogP contribution >= 0.6 is 0 Å². The fourth-order valence-electron chi connectivity index (χ4n) is 5.51. The summed E-state index contributed by atoms with van der Waals surface area (Å²) in [6.07, 6.45) is 5.57. The summed E-state index contributed by atoms with van der Waals surface area (Å²) in [5.41, 5.74) is 1.68.